The maximum Gasteiger partial charge on any atom is 0.186 e. The molecule has 0 unspecified atom stereocenters. The van der Waals surface area contributed by atoms with Crippen LogP contribution in [-0.2, 0) is 9.47 Å². The van der Waals surface area contributed by atoms with Crippen molar-refractivity contribution in [2.45, 2.75) is 54.9 Å². The van der Waals surface area contributed by atoms with Gasteiger partial charge < -0.3 is 64.5 Å². The van der Waals surface area contributed by atoms with Gasteiger partial charge in [0.1, 0.15) is 42.7 Å². The van der Waals surface area contributed by atoms with Gasteiger partial charge in [-0.25, -0.2) is 0 Å². The predicted octanol–water partition coefficient (Wildman–Crippen LogP) is -1.17. The zero-order chi connectivity index (χ0) is 28.4. The monoisotopic (exact) mass is 554 g/mol. The van der Waals surface area contributed by atoms with Crippen LogP contribution >= 0.6 is 0 Å². The number of ether oxygens (including phenoxy) is 5. The Balaban J connectivity index is 1.53. The first-order valence-corrected chi connectivity index (χ1v) is 12.3. The highest BCUT2D eigenvalue weighted by Gasteiger charge is 2.44. The van der Waals surface area contributed by atoms with E-state index >= 15 is 0 Å². The molecule has 0 saturated carbocycles. The van der Waals surface area contributed by atoms with Crippen molar-refractivity contribution in [1.29, 1.82) is 0 Å². The van der Waals surface area contributed by atoms with Crippen LogP contribution < -0.4 is 14.2 Å². The molecule has 0 radical (unpaired) electrons. The van der Waals surface area contributed by atoms with E-state index in [4.69, 9.17) is 23.7 Å². The third kappa shape index (κ3) is 5.63. The molecule has 2 aromatic rings. The van der Waals surface area contributed by atoms with E-state index in [9.17, 15) is 40.9 Å². The fraction of sp³-hybridized carbons (Fsp3) is 0.538. The van der Waals surface area contributed by atoms with Gasteiger partial charge in [0.05, 0.1) is 40.0 Å². The lowest BCUT2D eigenvalue weighted by atomic mass is 9.89. The van der Waals surface area contributed by atoms with Crippen LogP contribution in [-0.4, -0.2) is 112 Å². The number of rotatable bonds is 10. The standard InChI is InChI=1S/C26H34O13/c1-35-17-6-11(3-4-15(17)29)24-14(8-27)13-5-12(7-18(36-2)25(13)39-24)20(31)16(30)10-37-26-23(34)22(33)21(32)19(9-28)38-26/h3-7,14,16,19-24,26-34H,8-10H2,1-2H3/t14-,16-,19+,20-,21+,22-,23+,24+,26+/m0/s1. The first-order valence-electron chi connectivity index (χ1n) is 12.3. The molecule has 1 fully saturated rings. The lowest BCUT2D eigenvalue weighted by molar-refractivity contribution is -0.306. The second kappa shape index (κ2) is 12.2. The summed E-state index contributed by atoms with van der Waals surface area (Å²) in [5.41, 5.74) is 1.36. The molecule has 0 spiro atoms. The fourth-order valence-electron chi connectivity index (χ4n) is 4.82. The average molecular weight is 555 g/mol. The largest absolute Gasteiger partial charge is 0.504 e. The van der Waals surface area contributed by atoms with Gasteiger partial charge in [-0.05, 0) is 35.4 Å². The van der Waals surface area contributed by atoms with Crippen molar-refractivity contribution in [3.05, 3.63) is 47.0 Å². The van der Waals surface area contributed by atoms with Crippen LogP contribution in [0.4, 0.5) is 0 Å². The number of hydrogen-bond acceptors (Lipinski definition) is 13. The van der Waals surface area contributed by atoms with Crippen LogP contribution in [0, 0.1) is 0 Å². The van der Waals surface area contributed by atoms with Crippen molar-refractivity contribution in [3.8, 4) is 23.0 Å². The molecule has 216 valence electrons. The minimum atomic E-state index is -1.66. The molecule has 0 amide bonds. The van der Waals surface area contributed by atoms with Crippen LogP contribution in [0.2, 0.25) is 0 Å². The number of fused-ring (bicyclic) bond motifs is 1. The van der Waals surface area contributed by atoms with Crippen LogP contribution in [0.5, 0.6) is 23.0 Å². The normalized spacial score (nSPS) is 29.8. The van der Waals surface area contributed by atoms with Gasteiger partial charge >= 0.3 is 0 Å². The summed E-state index contributed by atoms with van der Waals surface area (Å²) < 4.78 is 27.4. The van der Waals surface area contributed by atoms with Gasteiger partial charge in [0.25, 0.3) is 0 Å². The molecule has 0 aliphatic carbocycles. The zero-order valence-electron chi connectivity index (χ0n) is 21.3. The van der Waals surface area contributed by atoms with Crippen molar-refractivity contribution >= 4 is 0 Å². The van der Waals surface area contributed by atoms with E-state index in [1.54, 1.807) is 18.2 Å². The van der Waals surface area contributed by atoms with Crippen molar-refractivity contribution in [3.63, 3.8) is 0 Å². The Morgan fingerprint density at radius 1 is 0.897 bits per heavy atom. The number of phenols is 1. The highest BCUT2D eigenvalue weighted by atomic mass is 16.7. The van der Waals surface area contributed by atoms with Gasteiger partial charge in [-0.2, -0.15) is 0 Å². The SMILES string of the molecule is COc1cc([C@H]2Oc3c(OC)cc([C@H](O)[C@@H](O)CO[C@@H]4O[C@H](CO)[C@@H](O)[C@H](O)[C@H]4O)cc3[C@@H]2CO)ccc1O. The first-order chi connectivity index (χ1) is 18.6. The summed E-state index contributed by atoms with van der Waals surface area (Å²) in [4.78, 5) is 0. The molecule has 13 nitrogen and oxygen atoms in total. The van der Waals surface area contributed by atoms with Crippen molar-refractivity contribution in [1.82, 2.24) is 0 Å². The van der Waals surface area contributed by atoms with Gasteiger partial charge in [-0.1, -0.05) is 6.07 Å². The first kappa shape index (κ1) is 29.3. The second-order valence-electron chi connectivity index (χ2n) is 9.44. The highest BCUT2D eigenvalue weighted by molar-refractivity contribution is 5.56. The molecule has 2 heterocycles. The lowest BCUT2D eigenvalue weighted by Crippen LogP contribution is -2.59. The van der Waals surface area contributed by atoms with E-state index < -0.39 is 68.1 Å². The molecule has 2 aliphatic rings. The number of aromatic hydroxyl groups is 1. The minimum Gasteiger partial charge on any atom is -0.504 e. The topological polar surface area (TPSA) is 208 Å². The summed E-state index contributed by atoms with van der Waals surface area (Å²) >= 11 is 0. The molecule has 2 aromatic carbocycles. The minimum absolute atomic E-state index is 0.0554. The molecule has 9 atom stereocenters. The van der Waals surface area contributed by atoms with Crippen molar-refractivity contribution < 1.29 is 64.5 Å². The number of hydrogen-bond donors (Lipinski definition) is 8. The summed E-state index contributed by atoms with van der Waals surface area (Å²) in [7, 11) is 2.81. The summed E-state index contributed by atoms with van der Waals surface area (Å²) in [6.45, 7) is -1.51. The van der Waals surface area contributed by atoms with E-state index in [0.29, 0.717) is 16.9 Å². The Morgan fingerprint density at radius 3 is 2.26 bits per heavy atom. The van der Waals surface area contributed by atoms with Gasteiger partial charge in [0.2, 0.25) is 0 Å². The predicted molar refractivity (Wildman–Crippen MR) is 132 cm³/mol. The van der Waals surface area contributed by atoms with E-state index in [0.717, 1.165) is 0 Å². The van der Waals surface area contributed by atoms with Gasteiger partial charge in [0.15, 0.2) is 29.3 Å². The molecule has 39 heavy (non-hydrogen) atoms. The number of aliphatic hydroxyl groups excluding tert-OH is 7. The zero-order valence-corrected chi connectivity index (χ0v) is 21.3. The van der Waals surface area contributed by atoms with Crippen LogP contribution in [0.3, 0.4) is 0 Å². The van der Waals surface area contributed by atoms with Gasteiger partial charge in [0, 0.05) is 5.56 Å². The Hall–Kier alpha value is -2.72. The third-order valence-electron chi connectivity index (χ3n) is 7.05. The lowest BCUT2D eigenvalue weighted by Gasteiger charge is -2.39. The summed E-state index contributed by atoms with van der Waals surface area (Å²) in [6, 6.07) is 7.72. The Morgan fingerprint density at radius 2 is 1.62 bits per heavy atom. The third-order valence-corrected chi connectivity index (χ3v) is 7.05. The van der Waals surface area contributed by atoms with Crippen molar-refractivity contribution in [2.24, 2.45) is 0 Å². The quantitative estimate of drug-likeness (QED) is 0.174. The molecule has 13 heteroatoms. The maximum absolute atomic E-state index is 10.9. The number of phenolic OH excluding ortho intramolecular Hbond substituents is 1. The number of benzene rings is 2. The van der Waals surface area contributed by atoms with Gasteiger partial charge in [-0.15, -0.1) is 0 Å². The molecular weight excluding hydrogens is 520 g/mol. The maximum atomic E-state index is 10.9. The van der Waals surface area contributed by atoms with Crippen LogP contribution in [0.15, 0.2) is 30.3 Å². The van der Waals surface area contributed by atoms with Crippen molar-refractivity contribution in [2.75, 3.05) is 34.0 Å². The average Bonchev–Trinajstić information content (AvgIpc) is 3.33. The number of methoxy groups -OCH3 is 2. The van der Waals surface area contributed by atoms with E-state index in [1.807, 2.05) is 0 Å². The molecular formula is C26H34O13. The Kier molecular flexibility index (Phi) is 9.16. The second-order valence-corrected chi connectivity index (χ2v) is 9.44. The van der Waals surface area contributed by atoms with E-state index in [1.165, 1.54) is 26.4 Å². The smallest absolute Gasteiger partial charge is 0.186 e. The fourth-order valence-corrected chi connectivity index (χ4v) is 4.82. The van der Waals surface area contributed by atoms with Gasteiger partial charge in [-0.3, -0.25) is 0 Å². The molecule has 8 N–H and O–H groups in total. The molecule has 4 rings (SSSR count). The molecule has 0 aromatic heterocycles. The van der Waals surface area contributed by atoms with E-state index in [2.05, 4.69) is 0 Å². The van der Waals surface area contributed by atoms with E-state index in [-0.39, 0.29) is 29.4 Å². The Labute approximate surface area is 224 Å². The van der Waals surface area contributed by atoms with Crippen LogP contribution in [0.1, 0.15) is 34.8 Å². The Bertz CT molecular complexity index is 1130. The summed E-state index contributed by atoms with van der Waals surface area (Å²) in [5, 5.41) is 81.0. The van der Waals surface area contributed by atoms with Crippen LogP contribution in [0.25, 0.3) is 0 Å². The molecule has 2 aliphatic heterocycles. The summed E-state index contributed by atoms with van der Waals surface area (Å²) in [5.74, 6) is 0.180. The summed E-state index contributed by atoms with van der Waals surface area (Å²) in [6.07, 6.45) is -11.3. The molecule has 0 bridgehead atoms. The molecule has 1 saturated heterocycles. The number of aliphatic hydroxyl groups is 7. The highest BCUT2D eigenvalue weighted by Crippen LogP contribution is 2.52.